The van der Waals surface area contributed by atoms with Gasteiger partial charge in [0.1, 0.15) is 0 Å². The minimum absolute atomic E-state index is 0. The molecule has 128 valence electrons. The van der Waals surface area contributed by atoms with Gasteiger partial charge in [0.05, 0.1) is 0 Å². The molecule has 0 aromatic carbocycles. The quantitative estimate of drug-likeness (QED) is 0.432. The molecule has 0 unspecified atom stereocenters. The minimum Gasteiger partial charge on any atom is -0.265 e. The largest absolute Gasteiger partial charge is 0.265 e. The zero-order valence-corrected chi connectivity index (χ0v) is 14.8. The second kappa shape index (κ2) is 19.2. The summed E-state index contributed by atoms with van der Waals surface area (Å²) in [6.45, 7) is 0. The van der Waals surface area contributed by atoms with Crippen LogP contribution in [0.15, 0.2) is 122 Å². The Morgan fingerprint density at radius 2 is 0.400 bits per heavy atom. The van der Waals surface area contributed by atoms with E-state index in [9.17, 15) is 0 Å². The molecule has 0 aliphatic heterocycles. The monoisotopic (exact) mass is 372 g/mol. The predicted octanol–water partition coefficient (Wildman–Crippen LogP) is 4.32. The summed E-state index contributed by atoms with van der Waals surface area (Å²) in [4.78, 5) is 15.1. The molecule has 0 spiro atoms. The van der Waals surface area contributed by atoms with Crippen molar-refractivity contribution in [3.8, 4) is 0 Å². The second-order valence-corrected chi connectivity index (χ2v) is 4.10. The number of rotatable bonds is 0. The van der Waals surface area contributed by atoms with Gasteiger partial charge in [0, 0.05) is 66.6 Å². The van der Waals surface area contributed by atoms with Crippen molar-refractivity contribution >= 4 is 0 Å². The van der Waals surface area contributed by atoms with E-state index in [2.05, 4.69) is 19.9 Å². The van der Waals surface area contributed by atoms with E-state index in [1.807, 2.05) is 72.8 Å². The van der Waals surface area contributed by atoms with E-state index in [4.69, 9.17) is 0 Å². The van der Waals surface area contributed by atoms with E-state index in [0.29, 0.717) is 0 Å². The van der Waals surface area contributed by atoms with Crippen molar-refractivity contribution in [2.75, 3.05) is 0 Å². The van der Waals surface area contributed by atoms with Crippen molar-refractivity contribution in [3.05, 3.63) is 122 Å². The molecule has 5 heteroatoms. The van der Waals surface area contributed by atoms with Gasteiger partial charge in [0.2, 0.25) is 0 Å². The van der Waals surface area contributed by atoms with Crippen LogP contribution in [0.5, 0.6) is 0 Å². The molecule has 4 heterocycles. The fourth-order valence-electron chi connectivity index (χ4n) is 1.25. The van der Waals surface area contributed by atoms with Crippen molar-refractivity contribution in [1.29, 1.82) is 0 Å². The summed E-state index contributed by atoms with van der Waals surface area (Å²) in [7, 11) is 0. The van der Waals surface area contributed by atoms with Gasteiger partial charge in [0.25, 0.3) is 0 Å². The normalized spacial score (nSPS) is 7.68. The van der Waals surface area contributed by atoms with Crippen LogP contribution < -0.4 is 0 Å². The van der Waals surface area contributed by atoms with Crippen LogP contribution in [-0.2, 0) is 17.1 Å². The standard InChI is InChI=1S/4C5H5N.Fe/c4*1-2-4-6-5-3-1;/h4*1-5H;. The molecule has 25 heavy (non-hydrogen) atoms. The SMILES string of the molecule is [Fe].c1ccncc1.c1ccncc1.c1ccncc1.c1ccncc1. The third kappa shape index (κ3) is 17.3. The number of aromatic nitrogens is 4. The maximum Gasteiger partial charge on any atom is 0.0267 e. The summed E-state index contributed by atoms with van der Waals surface area (Å²) >= 11 is 0. The first-order chi connectivity index (χ1) is 12.0. The summed E-state index contributed by atoms with van der Waals surface area (Å²) in [6, 6.07) is 22.9. The summed E-state index contributed by atoms with van der Waals surface area (Å²) in [6.07, 6.45) is 14.0. The number of nitrogens with zero attached hydrogens (tertiary/aromatic N) is 4. The molecule has 0 aliphatic carbocycles. The summed E-state index contributed by atoms with van der Waals surface area (Å²) in [5.41, 5.74) is 0. The Hall–Kier alpha value is -2.88. The summed E-state index contributed by atoms with van der Waals surface area (Å²) in [5.74, 6) is 0. The molecule has 4 rings (SSSR count). The van der Waals surface area contributed by atoms with Crippen molar-refractivity contribution in [2.45, 2.75) is 0 Å². The zero-order chi connectivity index (χ0) is 17.0. The molecule has 0 saturated heterocycles. The first kappa shape index (κ1) is 22.1. The van der Waals surface area contributed by atoms with E-state index in [1.54, 1.807) is 49.6 Å². The van der Waals surface area contributed by atoms with Crippen LogP contribution in [0.25, 0.3) is 0 Å². The Balaban J connectivity index is 0.000000303. The summed E-state index contributed by atoms with van der Waals surface area (Å²) < 4.78 is 0. The van der Waals surface area contributed by atoms with Crippen LogP contribution in [0.3, 0.4) is 0 Å². The van der Waals surface area contributed by atoms with Crippen LogP contribution in [0.2, 0.25) is 0 Å². The average molecular weight is 372 g/mol. The van der Waals surface area contributed by atoms with Gasteiger partial charge in [-0.2, -0.15) is 0 Å². The minimum atomic E-state index is 0. The Bertz CT molecular complexity index is 436. The first-order valence-corrected chi connectivity index (χ1v) is 7.40. The van der Waals surface area contributed by atoms with Crippen molar-refractivity contribution in [3.63, 3.8) is 0 Å². The molecule has 0 amide bonds. The third-order valence-corrected chi connectivity index (χ3v) is 2.27. The molecular formula is C20H20FeN4. The van der Waals surface area contributed by atoms with Gasteiger partial charge in [-0.15, -0.1) is 0 Å². The zero-order valence-electron chi connectivity index (χ0n) is 13.7. The fourth-order valence-corrected chi connectivity index (χ4v) is 1.25. The summed E-state index contributed by atoms with van der Waals surface area (Å²) in [5, 5.41) is 0. The molecule has 0 aliphatic rings. The maximum atomic E-state index is 3.78. The van der Waals surface area contributed by atoms with Crippen LogP contribution in [0.4, 0.5) is 0 Å². The second-order valence-electron chi connectivity index (χ2n) is 4.10. The molecule has 0 bridgehead atoms. The Morgan fingerprint density at radius 1 is 0.240 bits per heavy atom. The molecule has 0 radical (unpaired) electrons. The van der Waals surface area contributed by atoms with Gasteiger partial charge >= 0.3 is 0 Å². The third-order valence-electron chi connectivity index (χ3n) is 2.27. The molecule has 0 saturated carbocycles. The number of hydrogen-bond donors (Lipinski definition) is 0. The van der Waals surface area contributed by atoms with Gasteiger partial charge < -0.3 is 0 Å². The van der Waals surface area contributed by atoms with Crippen molar-refractivity contribution < 1.29 is 17.1 Å². The molecule has 4 nitrogen and oxygen atoms in total. The van der Waals surface area contributed by atoms with E-state index in [1.165, 1.54) is 0 Å². The van der Waals surface area contributed by atoms with Gasteiger partial charge in [0.15, 0.2) is 0 Å². The molecule has 0 fully saturated rings. The van der Waals surface area contributed by atoms with Crippen LogP contribution >= 0.6 is 0 Å². The number of pyridine rings is 4. The van der Waals surface area contributed by atoms with Crippen molar-refractivity contribution in [1.82, 2.24) is 19.9 Å². The van der Waals surface area contributed by atoms with Gasteiger partial charge in [-0.1, -0.05) is 24.3 Å². The van der Waals surface area contributed by atoms with Crippen LogP contribution in [0, 0.1) is 0 Å². The number of hydrogen-bond acceptors (Lipinski definition) is 4. The van der Waals surface area contributed by atoms with E-state index in [0.717, 1.165) is 0 Å². The van der Waals surface area contributed by atoms with E-state index < -0.39 is 0 Å². The molecule has 4 aromatic rings. The smallest absolute Gasteiger partial charge is 0.0267 e. The molecule has 0 N–H and O–H groups in total. The maximum absolute atomic E-state index is 3.78. The topological polar surface area (TPSA) is 51.6 Å². The fraction of sp³-hybridized carbons (Fsp3) is 0. The van der Waals surface area contributed by atoms with Crippen molar-refractivity contribution in [2.24, 2.45) is 0 Å². The Kier molecular flexibility index (Phi) is 17.0. The molecule has 0 atom stereocenters. The molecule has 4 aromatic heterocycles. The predicted molar refractivity (Wildman–Crippen MR) is 96.9 cm³/mol. The molecular weight excluding hydrogens is 352 g/mol. The Morgan fingerprint density at radius 3 is 0.440 bits per heavy atom. The van der Waals surface area contributed by atoms with Crippen LogP contribution in [0.1, 0.15) is 0 Å². The Labute approximate surface area is 159 Å². The first-order valence-electron chi connectivity index (χ1n) is 7.40. The van der Waals surface area contributed by atoms with E-state index >= 15 is 0 Å². The van der Waals surface area contributed by atoms with Gasteiger partial charge in [-0.3, -0.25) is 19.9 Å². The van der Waals surface area contributed by atoms with Gasteiger partial charge in [-0.05, 0) is 48.5 Å². The van der Waals surface area contributed by atoms with Crippen LogP contribution in [-0.4, -0.2) is 19.9 Å². The average Bonchev–Trinajstić information content (AvgIpc) is 2.75. The van der Waals surface area contributed by atoms with Gasteiger partial charge in [-0.25, -0.2) is 0 Å². The van der Waals surface area contributed by atoms with E-state index in [-0.39, 0.29) is 17.1 Å².